The molecule has 0 saturated heterocycles. The van der Waals surface area contributed by atoms with Gasteiger partial charge < -0.3 is 10.4 Å². The Morgan fingerprint density at radius 2 is 2.05 bits per heavy atom. The summed E-state index contributed by atoms with van der Waals surface area (Å²) in [6.45, 7) is 4.17. The van der Waals surface area contributed by atoms with E-state index in [1.54, 1.807) is 0 Å². The topological polar surface area (TPSA) is 79.3 Å². The highest BCUT2D eigenvalue weighted by Gasteiger charge is 2.19. The normalized spacial score (nSPS) is 11.9. The van der Waals surface area contributed by atoms with E-state index >= 15 is 0 Å². The lowest BCUT2D eigenvalue weighted by Crippen LogP contribution is -2.36. The molecule has 1 aromatic heterocycles. The first-order chi connectivity index (χ1) is 9.60. The van der Waals surface area contributed by atoms with Gasteiger partial charge in [0.2, 0.25) is 0 Å². The predicted octanol–water partition coefficient (Wildman–Crippen LogP) is 2.87. The molecule has 0 aromatic carbocycles. The smallest absolute Gasteiger partial charge is 0.338 e. The number of rotatable bonds is 8. The number of aromatic nitrogens is 1. The van der Waals surface area contributed by atoms with Crippen molar-refractivity contribution in [2.75, 3.05) is 0 Å². The summed E-state index contributed by atoms with van der Waals surface area (Å²) in [5.74, 6) is -1.54. The van der Waals surface area contributed by atoms with E-state index in [0.717, 1.165) is 32.1 Å². The third-order valence-electron chi connectivity index (χ3n) is 3.13. The van der Waals surface area contributed by atoms with Gasteiger partial charge in [-0.25, -0.2) is 4.79 Å². The number of aromatic carboxylic acids is 1. The highest BCUT2D eigenvalue weighted by atomic mass is 16.4. The van der Waals surface area contributed by atoms with E-state index in [1.807, 2.05) is 0 Å². The van der Waals surface area contributed by atoms with E-state index in [1.165, 1.54) is 18.3 Å². The van der Waals surface area contributed by atoms with Crippen LogP contribution in [0.2, 0.25) is 0 Å². The molecule has 0 aliphatic heterocycles. The summed E-state index contributed by atoms with van der Waals surface area (Å²) >= 11 is 0. The van der Waals surface area contributed by atoms with Crippen molar-refractivity contribution >= 4 is 11.9 Å². The van der Waals surface area contributed by atoms with Gasteiger partial charge in [0.1, 0.15) is 5.69 Å². The molecule has 0 bridgehead atoms. The molecule has 20 heavy (non-hydrogen) atoms. The van der Waals surface area contributed by atoms with Crippen LogP contribution in [0.25, 0.3) is 0 Å². The third-order valence-corrected chi connectivity index (χ3v) is 3.13. The van der Waals surface area contributed by atoms with Crippen LogP contribution in [-0.2, 0) is 0 Å². The number of pyridine rings is 1. The van der Waals surface area contributed by atoms with Crippen molar-refractivity contribution in [2.24, 2.45) is 0 Å². The summed E-state index contributed by atoms with van der Waals surface area (Å²) in [4.78, 5) is 27.2. The Balaban J connectivity index is 2.80. The Hall–Kier alpha value is -1.91. The molecule has 0 fully saturated rings. The van der Waals surface area contributed by atoms with Gasteiger partial charge in [-0.2, -0.15) is 0 Å². The van der Waals surface area contributed by atoms with E-state index < -0.39 is 11.9 Å². The minimum absolute atomic E-state index is 0.0161. The lowest BCUT2D eigenvalue weighted by atomic mass is 10.0. The van der Waals surface area contributed by atoms with Crippen LogP contribution in [0.5, 0.6) is 0 Å². The van der Waals surface area contributed by atoms with Crippen LogP contribution in [-0.4, -0.2) is 28.0 Å². The van der Waals surface area contributed by atoms with Crippen LogP contribution >= 0.6 is 0 Å². The molecule has 5 heteroatoms. The lowest BCUT2D eigenvalue weighted by Gasteiger charge is -2.18. The van der Waals surface area contributed by atoms with Gasteiger partial charge in [0.15, 0.2) is 0 Å². The molecule has 1 atom stereocenters. The molecule has 0 aliphatic carbocycles. The Morgan fingerprint density at radius 1 is 1.30 bits per heavy atom. The molecule has 0 saturated carbocycles. The molecule has 1 aromatic rings. The van der Waals surface area contributed by atoms with Crippen molar-refractivity contribution in [1.29, 1.82) is 0 Å². The van der Waals surface area contributed by atoms with Crippen molar-refractivity contribution in [1.82, 2.24) is 10.3 Å². The zero-order valence-electron chi connectivity index (χ0n) is 12.1. The SMILES string of the molecule is CCCCC(CCC)NC(=O)c1ncccc1C(=O)O. The largest absolute Gasteiger partial charge is 0.478 e. The van der Waals surface area contributed by atoms with Crippen molar-refractivity contribution in [3.63, 3.8) is 0 Å². The number of nitrogens with one attached hydrogen (secondary N) is 1. The number of hydrogen-bond donors (Lipinski definition) is 2. The summed E-state index contributed by atoms with van der Waals surface area (Å²) in [5.41, 5.74) is -0.0756. The van der Waals surface area contributed by atoms with Gasteiger partial charge in [0, 0.05) is 12.2 Å². The van der Waals surface area contributed by atoms with E-state index in [0.29, 0.717) is 0 Å². The fourth-order valence-corrected chi connectivity index (χ4v) is 2.10. The van der Waals surface area contributed by atoms with E-state index in [-0.39, 0.29) is 17.3 Å². The van der Waals surface area contributed by atoms with E-state index in [2.05, 4.69) is 24.1 Å². The van der Waals surface area contributed by atoms with Gasteiger partial charge in [-0.05, 0) is 25.0 Å². The third kappa shape index (κ3) is 4.64. The molecule has 0 aliphatic rings. The van der Waals surface area contributed by atoms with Gasteiger partial charge in [0.25, 0.3) is 5.91 Å². The molecule has 1 unspecified atom stereocenters. The zero-order chi connectivity index (χ0) is 15.0. The van der Waals surface area contributed by atoms with Gasteiger partial charge >= 0.3 is 5.97 Å². The quantitative estimate of drug-likeness (QED) is 0.766. The maximum atomic E-state index is 12.2. The van der Waals surface area contributed by atoms with E-state index in [4.69, 9.17) is 5.11 Å². The van der Waals surface area contributed by atoms with Gasteiger partial charge in [-0.15, -0.1) is 0 Å². The Morgan fingerprint density at radius 3 is 2.65 bits per heavy atom. The fraction of sp³-hybridized carbons (Fsp3) is 0.533. The van der Waals surface area contributed by atoms with Crippen LogP contribution in [0.1, 0.15) is 66.8 Å². The van der Waals surface area contributed by atoms with Crippen molar-refractivity contribution in [3.8, 4) is 0 Å². The summed E-state index contributed by atoms with van der Waals surface area (Å²) in [7, 11) is 0. The lowest BCUT2D eigenvalue weighted by molar-refractivity contribution is 0.0689. The molecule has 0 spiro atoms. The van der Waals surface area contributed by atoms with Crippen molar-refractivity contribution in [2.45, 2.75) is 52.0 Å². The molecular formula is C15H22N2O3. The second-order valence-electron chi connectivity index (χ2n) is 4.81. The Bertz CT molecular complexity index is 460. The van der Waals surface area contributed by atoms with Crippen molar-refractivity contribution < 1.29 is 14.7 Å². The highest BCUT2D eigenvalue weighted by molar-refractivity contribution is 6.03. The molecule has 0 radical (unpaired) electrons. The maximum Gasteiger partial charge on any atom is 0.338 e. The van der Waals surface area contributed by atoms with Crippen LogP contribution < -0.4 is 5.32 Å². The van der Waals surface area contributed by atoms with E-state index in [9.17, 15) is 9.59 Å². The summed E-state index contributed by atoms with van der Waals surface area (Å²) in [6, 6.07) is 2.99. The first-order valence-electron chi connectivity index (χ1n) is 7.09. The average molecular weight is 278 g/mol. The number of nitrogens with zero attached hydrogens (tertiary/aromatic N) is 1. The number of carboxylic acids is 1. The second kappa shape index (κ2) is 8.30. The van der Waals surface area contributed by atoms with Crippen LogP contribution in [0, 0.1) is 0 Å². The average Bonchev–Trinajstić information content (AvgIpc) is 2.44. The molecule has 2 N–H and O–H groups in total. The highest BCUT2D eigenvalue weighted by Crippen LogP contribution is 2.10. The molecule has 110 valence electrons. The minimum atomic E-state index is -1.14. The monoisotopic (exact) mass is 278 g/mol. The predicted molar refractivity (Wildman–Crippen MR) is 76.9 cm³/mol. The number of hydrogen-bond acceptors (Lipinski definition) is 3. The summed E-state index contributed by atoms with van der Waals surface area (Å²) in [5, 5.41) is 12.0. The minimum Gasteiger partial charge on any atom is -0.478 e. The Labute approximate surface area is 119 Å². The van der Waals surface area contributed by atoms with Gasteiger partial charge in [-0.1, -0.05) is 33.1 Å². The van der Waals surface area contributed by atoms with Gasteiger partial charge in [-0.3, -0.25) is 9.78 Å². The van der Waals surface area contributed by atoms with Crippen LogP contribution in [0.15, 0.2) is 18.3 Å². The van der Waals surface area contributed by atoms with Crippen LogP contribution in [0.4, 0.5) is 0 Å². The maximum absolute atomic E-state index is 12.2. The number of carbonyl (C=O) groups excluding carboxylic acids is 1. The second-order valence-corrected chi connectivity index (χ2v) is 4.81. The van der Waals surface area contributed by atoms with Crippen molar-refractivity contribution in [3.05, 3.63) is 29.6 Å². The standard InChI is InChI=1S/C15H22N2O3/c1-3-5-8-11(7-4-2)17-14(18)13-12(15(19)20)9-6-10-16-13/h6,9-11H,3-5,7-8H2,1-2H3,(H,17,18)(H,19,20). The molecule has 5 nitrogen and oxygen atoms in total. The molecule has 1 heterocycles. The number of amides is 1. The zero-order valence-corrected chi connectivity index (χ0v) is 12.1. The fourth-order valence-electron chi connectivity index (χ4n) is 2.10. The van der Waals surface area contributed by atoms with Gasteiger partial charge in [0.05, 0.1) is 5.56 Å². The summed E-state index contributed by atoms with van der Waals surface area (Å²) < 4.78 is 0. The molecule has 1 rings (SSSR count). The Kier molecular flexibility index (Phi) is 6.70. The molecule has 1 amide bonds. The van der Waals surface area contributed by atoms with Crippen LogP contribution in [0.3, 0.4) is 0 Å². The first kappa shape index (κ1) is 16.1. The summed E-state index contributed by atoms with van der Waals surface area (Å²) in [6.07, 6.45) is 6.32. The first-order valence-corrected chi connectivity index (χ1v) is 7.09. The molecular weight excluding hydrogens is 256 g/mol. The number of unbranched alkanes of at least 4 members (excludes halogenated alkanes) is 1. The number of carboxylic acid groups (broad SMARTS) is 1. The number of carbonyl (C=O) groups is 2.